The number of para-hydroxylation sites is 1. The van der Waals surface area contributed by atoms with Crippen LogP contribution in [0.4, 0.5) is 44.2 Å². The lowest BCUT2D eigenvalue weighted by Crippen LogP contribution is -2.43. The number of carboxylic acid groups (broad SMARTS) is 1. The summed E-state index contributed by atoms with van der Waals surface area (Å²) in [4.78, 5) is 47.8. The zero-order valence-corrected chi connectivity index (χ0v) is 28.0. The minimum Gasteiger partial charge on any atom is -0.475 e. The van der Waals surface area contributed by atoms with Crippen molar-refractivity contribution in [2.75, 3.05) is 36.4 Å². The van der Waals surface area contributed by atoms with Crippen LogP contribution in [-0.2, 0) is 11.3 Å². The molecule has 50 heavy (non-hydrogen) atoms. The van der Waals surface area contributed by atoms with Crippen LogP contribution in [0.25, 0.3) is 11.3 Å². The molecule has 1 saturated heterocycles. The molecule has 3 amide bonds. The van der Waals surface area contributed by atoms with Crippen molar-refractivity contribution in [1.29, 1.82) is 0 Å². The van der Waals surface area contributed by atoms with E-state index in [-0.39, 0.29) is 30.3 Å². The Morgan fingerprint density at radius 1 is 1.02 bits per heavy atom. The number of halogens is 5. The second-order valence-electron chi connectivity index (χ2n) is 12.3. The monoisotopic (exact) mass is 705 g/mol. The first-order chi connectivity index (χ1) is 23.7. The number of nitrogens with one attached hydrogen (secondary N) is 3. The van der Waals surface area contributed by atoms with Gasteiger partial charge >= 0.3 is 18.2 Å². The summed E-state index contributed by atoms with van der Waals surface area (Å²) in [6.45, 7) is 9.42. The number of aliphatic carboxylic acids is 1. The molecule has 0 aliphatic carbocycles. The van der Waals surface area contributed by atoms with Crippen LogP contribution < -0.4 is 20.9 Å². The van der Waals surface area contributed by atoms with Gasteiger partial charge in [-0.15, -0.1) is 0 Å². The van der Waals surface area contributed by atoms with Crippen molar-refractivity contribution in [3.63, 3.8) is 0 Å². The Morgan fingerprint density at radius 3 is 2.26 bits per heavy atom. The molecular formula is C34H40F5N7O4. The standard InChI is InChI=1S/C32H39F2N7O2.C2HF3O2/c1-20(2)37-30(42)22-13-12-21(3)23(18-22)27-24-19-36-32(43)41(28-25(33)10-8-11-26(28)34)29(24)39-31(38-27)35-14-9-17-40-15-6-4-5-7-16-40;3-2(4,5)1(6)7/h8,10-13,18,20H,4-7,9,14-17,19H2,1-3H3,(H,36,43)(H,37,42)(H,35,38,39);(H,6,7). The average Bonchev–Trinajstić information content (AvgIpc) is 3.32. The number of carboxylic acids is 1. The maximum atomic E-state index is 15.0. The Morgan fingerprint density at radius 2 is 1.66 bits per heavy atom. The van der Waals surface area contributed by atoms with Crippen LogP contribution in [0.3, 0.4) is 0 Å². The normalized spacial score (nSPS) is 15.0. The topological polar surface area (TPSA) is 140 Å². The summed E-state index contributed by atoms with van der Waals surface area (Å²) in [7, 11) is 0. The van der Waals surface area contributed by atoms with Crippen LogP contribution >= 0.6 is 0 Å². The van der Waals surface area contributed by atoms with Gasteiger partial charge in [0.2, 0.25) is 5.95 Å². The van der Waals surface area contributed by atoms with Crippen LogP contribution in [-0.4, -0.2) is 76.3 Å². The molecule has 4 N–H and O–H groups in total. The van der Waals surface area contributed by atoms with Gasteiger partial charge in [0, 0.05) is 29.3 Å². The SMILES string of the molecule is Cc1ccc(C(=O)NC(C)C)cc1-c1nc(NCCCN2CCCCCC2)nc2c1CNC(=O)N2c1c(F)cccc1F.O=C(O)C(F)(F)F. The van der Waals surface area contributed by atoms with E-state index in [2.05, 4.69) is 25.8 Å². The van der Waals surface area contributed by atoms with E-state index in [4.69, 9.17) is 14.9 Å². The highest BCUT2D eigenvalue weighted by Crippen LogP contribution is 2.39. The van der Waals surface area contributed by atoms with Crippen molar-refractivity contribution in [3.05, 3.63) is 64.7 Å². The molecule has 0 atom stereocenters. The summed E-state index contributed by atoms with van der Waals surface area (Å²) in [5.74, 6) is -4.44. The van der Waals surface area contributed by atoms with Gasteiger partial charge in [0.25, 0.3) is 5.91 Å². The Balaban J connectivity index is 0.000000727. The number of anilines is 3. The highest BCUT2D eigenvalue weighted by molar-refractivity contribution is 6.02. The number of hydrogen-bond acceptors (Lipinski definition) is 7. The Kier molecular flexibility index (Phi) is 12.7. The summed E-state index contributed by atoms with van der Waals surface area (Å²) in [6, 6.07) is 8.04. The molecule has 11 nitrogen and oxygen atoms in total. The largest absolute Gasteiger partial charge is 0.490 e. The van der Waals surface area contributed by atoms with Gasteiger partial charge in [0.15, 0.2) is 5.82 Å². The van der Waals surface area contributed by atoms with Crippen LogP contribution in [0.2, 0.25) is 0 Å². The molecule has 1 aromatic heterocycles. The molecule has 0 unspecified atom stereocenters. The van der Waals surface area contributed by atoms with E-state index in [1.807, 2.05) is 26.8 Å². The number of likely N-dealkylation sites (tertiary alicyclic amines) is 1. The molecule has 0 radical (unpaired) electrons. The first-order valence-electron chi connectivity index (χ1n) is 16.3. The average molecular weight is 706 g/mol. The number of rotatable bonds is 9. The molecule has 16 heteroatoms. The Hall–Kier alpha value is -4.86. The fourth-order valence-corrected chi connectivity index (χ4v) is 5.60. The van der Waals surface area contributed by atoms with Crippen molar-refractivity contribution < 1.29 is 41.4 Å². The van der Waals surface area contributed by atoms with Gasteiger partial charge in [-0.05, 0) is 89.5 Å². The Labute approximate surface area is 286 Å². The van der Waals surface area contributed by atoms with Crippen LogP contribution in [0.5, 0.6) is 0 Å². The third kappa shape index (κ3) is 9.64. The van der Waals surface area contributed by atoms with Gasteiger partial charge in [-0.25, -0.2) is 28.3 Å². The number of aromatic nitrogens is 2. The van der Waals surface area contributed by atoms with Gasteiger partial charge in [-0.1, -0.05) is 25.0 Å². The number of urea groups is 1. The molecule has 0 spiro atoms. The third-order valence-corrected chi connectivity index (χ3v) is 8.03. The van der Waals surface area contributed by atoms with E-state index >= 15 is 8.78 Å². The number of amides is 3. The number of benzene rings is 2. The van der Waals surface area contributed by atoms with Crippen LogP contribution in [0.15, 0.2) is 36.4 Å². The first-order valence-corrected chi connectivity index (χ1v) is 16.3. The number of aryl methyl sites for hydroxylation is 1. The number of fused-ring (bicyclic) bond motifs is 1. The van der Waals surface area contributed by atoms with E-state index in [0.29, 0.717) is 28.9 Å². The molecule has 2 aliphatic rings. The number of nitrogens with zero attached hydrogens (tertiary/aromatic N) is 4. The molecule has 5 rings (SSSR count). The van der Waals surface area contributed by atoms with Gasteiger partial charge < -0.3 is 26.0 Å². The second kappa shape index (κ2) is 16.7. The third-order valence-electron chi connectivity index (χ3n) is 8.03. The van der Waals surface area contributed by atoms with Gasteiger partial charge in [-0.3, -0.25) is 4.79 Å². The van der Waals surface area contributed by atoms with E-state index in [9.17, 15) is 22.8 Å². The lowest BCUT2D eigenvalue weighted by molar-refractivity contribution is -0.192. The summed E-state index contributed by atoms with van der Waals surface area (Å²) in [5.41, 5.74) is 2.40. The second-order valence-corrected chi connectivity index (χ2v) is 12.3. The number of carbonyl (C=O) groups excluding carboxylic acids is 2. The van der Waals surface area contributed by atoms with Crippen molar-refractivity contribution in [3.8, 4) is 11.3 Å². The molecular weight excluding hydrogens is 665 g/mol. The smallest absolute Gasteiger partial charge is 0.475 e. The van der Waals surface area contributed by atoms with Crippen molar-refractivity contribution in [1.82, 2.24) is 25.5 Å². The quantitative estimate of drug-likeness (QED) is 0.145. The van der Waals surface area contributed by atoms with Gasteiger partial charge in [-0.2, -0.15) is 18.2 Å². The zero-order chi connectivity index (χ0) is 36.6. The fraction of sp³-hybridized carbons (Fsp3) is 0.441. The van der Waals surface area contributed by atoms with Crippen molar-refractivity contribution in [2.45, 2.75) is 71.6 Å². The lowest BCUT2D eigenvalue weighted by Gasteiger charge is -2.31. The molecule has 1 fully saturated rings. The zero-order valence-electron chi connectivity index (χ0n) is 28.0. The van der Waals surface area contributed by atoms with Gasteiger partial charge in [0.05, 0.1) is 12.2 Å². The predicted octanol–water partition coefficient (Wildman–Crippen LogP) is 6.54. The summed E-state index contributed by atoms with van der Waals surface area (Å²) < 4.78 is 61.8. The van der Waals surface area contributed by atoms with Crippen molar-refractivity contribution in [2.24, 2.45) is 0 Å². The molecule has 0 saturated carbocycles. The molecule has 0 bridgehead atoms. The molecule has 3 heterocycles. The summed E-state index contributed by atoms with van der Waals surface area (Å²) in [5, 5.41) is 16.0. The van der Waals surface area contributed by atoms with Crippen LogP contribution in [0, 0.1) is 18.6 Å². The maximum Gasteiger partial charge on any atom is 0.490 e. The number of carbonyl (C=O) groups is 3. The van der Waals surface area contributed by atoms with E-state index < -0.39 is 35.5 Å². The van der Waals surface area contributed by atoms with E-state index in [1.165, 1.54) is 31.7 Å². The Bertz CT molecular complexity index is 1670. The highest BCUT2D eigenvalue weighted by atomic mass is 19.4. The number of hydrogen-bond donors (Lipinski definition) is 4. The first kappa shape index (κ1) is 38.0. The molecule has 2 aromatic carbocycles. The highest BCUT2D eigenvalue weighted by Gasteiger charge is 2.38. The molecule has 2 aliphatic heterocycles. The van der Waals surface area contributed by atoms with E-state index in [1.54, 1.807) is 12.1 Å². The molecule has 3 aromatic rings. The van der Waals surface area contributed by atoms with Crippen LogP contribution in [0.1, 0.15) is 67.4 Å². The van der Waals surface area contributed by atoms with Crippen molar-refractivity contribution >= 4 is 35.4 Å². The minimum absolute atomic E-state index is 0.0476. The van der Waals surface area contributed by atoms with Gasteiger partial charge in [0.1, 0.15) is 17.3 Å². The summed E-state index contributed by atoms with van der Waals surface area (Å²) in [6.07, 6.45) is 0.733. The summed E-state index contributed by atoms with van der Waals surface area (Å²) >= 11 is 0. The number of alkyl halides is 3. The van der Waals surface area contributed by atoms with E-state index in [0.717, 1.165) is 48.7 Å². The predicted molar refractivity (Wildman–Crippen MR) is 177 cm³/mol. The molecule has 270 valence electrons. The fourth-order valence-electron chi connectivity index (χ4n) is 5.60. The minimum atomic E-state index is -5.08. The lowest BCUT2D eigenvalue weighted by atomic mass is 9.97. The maximum absolute atomic E-state index is 15.0.